The van der Waals surface area contributed by atoms with Crippen LogP contribution in [0.1, 0.15) is 28.8 Å². The molecule has 4 atom stereocenters. The molecule has 0 spiro atoms. The van der Waals surface area contributed by atoms with Gasteiger partial charge in [0.25, 0.3) is 5.91 Å². The number of hydrogen-bond acceptors (Lipinski definition) is 12. The summed E-state index contributed by atoms with van der Waals surface area (Å²) in [6.45, 7) is 3.70. The average molecular weight is 549 g/mol. The van der Waals surface area contributed by atoms with Crippen molar-refractivity contribution >= 4 is 35.1 Å². The average Bonchev–Trinajstić information content (AvgIpc) is 3.30. The second-order valence-corrected chi connectivity index (χ2v) is 10.5. The third-order valence-corrected chi connectivity index (χ3v) is 7.15. The summed E-state index contributed by atoms with van der Waals surface area (Å²) in [5.74, 6) is 0.558. The van der Waals surface area contributed by atoms with E-state index in [9.17, 15) is 15.0 Å². The lowest BCUT2D eigenvalue weighted by Gasteiger charge is -2.35. The zero-order valence-corrected chi connectivity index (χ0v) is 22.4. The molecule has 10 N–H and O–H groups in total. The van der Waals surface area contributed by atoms with Crippen LogP contribution in [0.25, 0.3) is 0 Å². The SMILES string of the molecule is Cc1ccc(C(=O)Nc2ccc(Nc3nc(N4C[C@H](N)C[C@H](N)C4)nc(N4C[C@@H](O)C[C@H]4CN)n3)cc2O)cc1. The fourth-order valence-electron chi connectivity index (χ4n) is 5.13. The molecule has 1 amide bonds. The molecule has 13 heteroatoms. The van der Waals surface area contributed by atoms with E-state index in [0.29, 0.717) is 62.2 Å². The number of rotatable bonds is 7. The van der Waals surface area contributed by atoms with Crippen LogP contribution in [-0.4, -0.2) is 81.5 Å². The summed E-state index contributed by atoms with van der Waals surface area (Å²) in [5, 5.41) is 26.8. The summed E-state index contributed by atoms with van der Waals surface area (Å²) in [7, 11) is 0. The number of anilines is 5. The monoisotopic (exact) mass is 548 g/mol. The predicted molar refractivity (Wildman–Crippen MR) is 154 cm³/mol. The van der Waals surface area contributed by atoms with Crippen molar-refractivity contribution in [2.75, 3.05) is 46.6 Å². The number of nitrogens with two attached hydrogens (primary N) is 3. The topological polar surface area (TPSA) is 205 Å². The molecule has 5 rings (SSSR count). The Balaban J connectivity index is 1.40. The highest BCUT2D eigenvalue weighted by Crippen LogP contribution is 2.30. The van der Waals surface area contributed by atoms with E-state index >= 15 is 0 Å². The van der Waals surface area contributed by atoms with Crippen molar-refractivity contribution in [1.29, 1.82) is 0 Å². The molecule has 2 aromatic carbocycles. The van der Waals surface area contributed by atoms with Gasteiger partial charge in [-0.25, -0.2) is 0 Å². The van der Waals surface area contributed by atoms with Crippen molar-refractivity contribution in [2.24, 2.45) is 17.2 Å². The number of phenols is 1. The van der Waals surface area contributed by atoms with Crippen molar-refractivity contribution in [3.05, 3.63) is 53.6 Å². The van der Waals surface area contributed by atoms with Crippen molar-refractivity contribution in [3.63, 3.8) is 0 Å². The van der Waals surface area contributed by atoms with Gasteiger partial charge in [0.1, 0.15) is 5.75 Å². The van der Waals surface area contributed by atoms with Gasteiger partial charge < -0.3 is 47.8 Å². The van der Waals surface area contributed by atoms with Crippen LogP contribution in [0.5, 0.6) is 5.75 Å². The Morgan fingerprint density at radius 3 is 2.38 bits per heavy atom. The first-order valence-corrected chi connectivity index (χ1v) is 13.3. The number of aliphatic hydroxyl groups excluding tert-OH is 1. The van der Waals surface area contributed by atoms with Crippen molar-refractivity contribution in [3.8, 4) is 5.75 Å². The molecule has 0 bridgehead atoms. The molecule has 40 heavy (non-hydrogen) atoms. The van der Waals surface area contributed by atoms with Crippen LogP contribution >= 0.6 is 0 Å². The van der Waals surface area contributed by atoms with Crippen molar-refractivity contribution < 1.29 is 15.0 Å². The number of benzene rings is 2. The number of aliphatic hydroxyl groups is 1. The van der Waals surface area contributed by atoms with E-state index in [1.165, 1.54) is 6.07 Å². The van der Waals surface area contributed by atoms with E-state index in [4.69, 9.17) is 22.2 Å². The van der Waals surface area contributed by atoms with Gasteiger partial charge in [-0.2, -0.15) is 15.0 Å². The summed E-state index contributed by atoms with van der Waals surface area (Å²) in [5.41, 5.74) is 20.7. The number of amides is 1. The standard InChI is InChI=1S/C27H36N10O3/c1-15-2-4-16(5-3-15)24(40)32-22-7-6-19(9-23(22)39)31-25-33-26(36-12-17(29)8-18(30)13-36)35-27(34-25)37-14-21(38)10-20(37)11-28/h2-7,9,17-18,20-21,38-39H,8,10-14,28-30H2,1H3,(H,32,40)(H,31,33,34,35)/t17-,18+,20-,21-/m0/s1. The van der Waals surface area contributed by atoms with E-state index in [-0.39, 0.29) is 41.4 Å². The molecular weight excluding hydrogens is 512 g/mol. The van der Waals surface area contributed by atoms with Crippen LogP contribution < -0.4 is 37.6 Å². The number of carbonyl (C=O) groups excluding carboxylic acids is 1. The molecule has 13 nitrogen and oxygen atoms in total. The van der Waals surface area contributed by atoms with Crippen LogP contribution in [0.4, 0.5) is 29.2 Å². The fourth-order valence-corrected chi connectivity index (χ4v) is 5.13. The third-order valence-electron chi connectivity index (χ3n) is 7.15. The zero-order chi connectivity index (χ0) is 28.4. The van der Waals surface area contributed by atoms with Crippen LogP contribution in [0, 0.1) is 6.92 Å². The Labute approximate surface area is 232 Å². The van der Waals surface area contributed by atoms with Crippen LogP contribution in [0.15, 0.2) is 42.5 Å². The molecule has 0 aliphatic carbocycles. The molecule has 0 radical (unpaired) electrons. The molecule has 3 heterocycles. The molecule has 0 saturated carbocycles. The molecule has 1 aromatic heterocycles. The highest BCUT2D eigenvalue weighted by atomic mass is 16.3. The number of aromatic hydroxyl groups is 1. The van der Waals surface area contributed by atoms with Gasteiger partial charge in [-0.1, -0.05) is 17.7 Å². The predicted octanol–water partition coefficient (Wildman–Crippen LogP) is 0.645. The van der Waals surface area contributed by atoms with Gasteiger partial charge in [0, 0.05) is 61.6 Å². The number of carbonyl (C=O) groups is 1. The van der Waals surface area contributed by atoms with E-state index < -0.39 is 6.10 Å². The van der Waals surface area contributed by atoms with Crippen molar-refractivity contribution in [1.82, 2.24) is 15.0 Å². The number of nitrogens with one attached hydrogen (secondary N) is 2. The molecule has 2 fully saturated rings. The van der Waals surface area contributed by atoms with Crippen LogP contribution in [0.3, 0.4) is 0 Å². The molecule has 0 unspecified atom stereocenters. The Kier molecular flexibility index (Phi) is 7.98. The molecule has 2 saturated heterocycles. The van der Waals surface area contributed by atoms with Gasteiger partial charge in [-0.05, 0) is 44.0 Å². The summed E-state index contributed by atoms with van der Waals surface area (Å²) in [4.78, 5) is 30.3. The van der Waals surface area contributed by atoms with Gasteiger partial charge in [-0.15, -0.1) is 0 Å². The number of aromatic nitrogens is 3. The van der Waals surface area contributed by atoms with Gasteiger partial charge in [-0.3, -0.25) is 4.79 Å². The normalized spacial score (nSPS) is 22.8. The largest absolute Gasteiger partial charge is 0.506 e. The lowest BCUT2D eigenvalue weighted by molar-refractivity contribution is 0.102. The number of aryl methyl sites for hydroxylation is 1. The highest BCUT2D eigenvalue weighted by Gasteiger charge is 2.33. The smallest absolute Gasteiger partial charge is 0.255 e. The van der Waals surface area contributed by atoms with Gasteiger partial charge in [0.2, 0.25) is 17.8 Å². The minimum absolute atomic E-state index is 0.120. The van der Waals surface area contributed by atoms with Crippen molar-refractivity contribution in [2.45, 2.75) is 44.0 Å². The summed E-state index contributed by atoms with van der Waals surface area (Å²) in [6.07, 6.45) is 0.685. The lowest BCUT2D eigenvalue weighted by atomic mass is 10.0. The van der Waals surface area contributed by atoms with Gasteiger partial charge >= 0.3 is 0 Å². The molecule has 3 aromatic rings. The maximum Gasteiger partial charge on any atom is 0.255 e. The minimum Gasteiger partial charge on any atom is -0.506 e. The second-order valence-electron chi connectivity index (χ2n) is 10.5. The summed E-state index contributed by atoms with van der Waals surface area (Å²) < 4.78 is 0. The summed E-state index contributed by atoms with van der Waals surface area (Å²) >= 11 is 0. The quantitative estimate of drug-likeness (QED) is 0.203. The first-order valence-electron chi connectivity index (χ1n) is 13.3. The lowest BCUT2D eigenvalue weighted by Crippen LogP contribution is -2.53. The molecule has 2 aliphatic rings. The number of phenolic OH excluding ortho intramolecular Hbond substituents is 1. The second kappa shape index (κ2) is 11.6. The Bertz CT molecular complexity index is 1340. The van der Waals surface area contributed by atoms with E-state index in [2.05, 4.69) is 20.6 Å². The molecule has 2 aliphatic heterocycles. The molecule has 212 valence electrons. The maximum absolute atomic E-state index is 12.6. The summed E-state index contributed by atoms with van der Waals surface area (Å²) in [6, 6.07) is 11.6. The first-order chi connectivity index (χ1) is 19.2. The Morgan fingerprint density at radius 2 is 1.70 bits per heavy atom. The van der Waals surface area contributed by atoms with Crippen LogP contribution in [0.2, 0.25) is 0 Å². The fraction of sp³-hybridized carbons (Fsp3) is 0.407. The first kappa shape index (κ1) is 27.5. The van der Waals surface area contributed by atoms with E-state index in [1.54, 1.807) is 24.3 Å². The number of hydrogen-bond donors (Lipinski definition) is 7. The van der Waals surface area contributed by atoms with E-state index in [0.717, 1.165) is 5.56 Å². The molecular formula is C27H36N10O3. The van der Waals surface area contributed by atoms with Gasteiger partial charge in [0.05, 0.1) is 11.8 Å². The Morgan fingerprint density at radius 1 is 1.00 bits per heavy atom. The third kappa shape index (κ3) is 6.23. The highest BCUT2D eigenvalue weighted by molar-refractivity contribution is 6.05. The van der Waals surface area contributed by atoms with Gasteiger partial charge in [0.15, 0.2) is 0 Å². The minimum atomic E-state index is -0.540. The number of β-amino-alcohol motifs (C(OH)–C–C–N with tert-alkyl or cyclic N) is 1. The maximum atomic E-state index is 12.6. The number of piperidine rings is 1. The van der Waals surface area contributed by atoms with E-state index in [1.807, 2.05) is 28.9 Å². The zero-order valence-electron chi connectivity index (χ0n) is 22.4. The number of nitrogens with zero attached hydrogens (tertiary/aromatic N) is 5. The Hall–Kier alpha value is -4.04. The van der Waals surface area contributed by atoms with Crippen LogP contribution in [-0.2, 0) is 0 Å².